The van der Waals surface area contributed by atoms with E-state index in [1.807, 2.05) is 34.9 Å². The molecule has 19 heteroatoms. The molecular weight excluding hydrogens is 860 g/mol. The maximum Gasteiger partial charge on any atom is 0.267 e. The van der Waals surface area contributed by atoms with Crippen molar-refractivity contribution in [1.29, 1.82) is 0 Å². The van der Waals surface area contributed by atoms with Crippen molar-refractivity contribution in [3.63, 3.8) is 0 Å². The number of nitrogens with zero attached hydrogens (tertiary/aromatic N) is 8. The molecule has 0 radical (unpaired) electrons. The summed E-state index contributed by atoms with van der Waals surface area (Å²) in [5.41, 5.74) is 5.39. The Kier molecular flexibility index (Phi) is 11.3. The summed E-state index contributed by atoms with van der Waals surface area (Å²) in [5, 5.41) is 15.5. The molecule has 3 aromatic carbocycles. The number of piperidine rings is 2. The van der Waals surface area contributed by atoms with Gasteiger partial charge in [-0.15, -0.1) is 11.3 Å². The van der Waals surface area contributed by atoms with Gasteiger partial charge in [-0.05, 0) is 85.3 Å². The molecule has 336 valence electrons. The monoisotopic (exact) mass is 905 g/mol. The normalized spacial score (nSPS) is 20.4. The number of nitrogens with one attached hydrogen (secondary N) is 3. The molecule has 7 heterocycles. The molecule has 0 bridgehead atoms. The number of thiazole rings is 1. The molecule has 0 saturated carbocycles. The van der Waals surface area contributed by atoms with E-state index in [1.54, 1.807) is 53.3 Å². The molecule has 3 fully saturated rings. The van der Waals surface area contributed by atoms with E-state index in [-0.39, 0.29) is 42.5 Å². The number of hydrogen-bond acceptors (Lipinski definition) is 11. The van der Waals surface area contributed by atoms with Crippen LogP contribution in [0.3, 0.4) is 0 Å². The van der Waals surface area contributed by atoms with Crippen molar-refractivity contribution in [2.24, 2.45) is 0 Å². The second-order valence-electron chi connectivity index (χ2n) is 17.1. The van der Waals surface area contributed by atoms with Gasteiger partial charge in [0.15, 0.2) is 11.2 Å². The summed E-state index contributed by atoms with van der Waals surface area (Å²) < 4.78 is 50.6. The van der Waals surface area contributed by atoms with Crippen LogP contribution in [0.5, 0.6) is 0 Å². The summed E-state index contributed by atoms with van der Waals surface area (Å²) in [4.78, 5) is 65.0. The van der Waals surface area contributed by atoms with E-state index in [0.717, 1.165) is 36.3 Å². The van der Waals surface area contributed by atoms with Gasteiger partial charge in [0.25, 0.3) is 11.8 Å². The number of carbonyl (C=O) groups excluding carboxylic acids is 4. The number of benzene rings is 3. The van der Waals surface area contributed by atoms with Gasteiger partial charge < -0.3 is 19.7 Å². The lowest BCUT2D eigenvalue weighted by molar-refractivity contribution is -0.137. The van der Waals surface area contributed by atoms with Crippen LogP contribution in [-0.2, 0) is 32.1 Å². The first-order chi connectivity index (χ1) is 31.5. The number of hydrogen-bond donors (Lipinski definition) is 3. The molecule has 4 aliphatic rings. The molecule has 3 aromatic heterocycles. The molecule has 0 aliphatic carbocycles. The quantitative estimate of drug-likeness (QED) is 0.138. The number of imide groups is 1. The highest BCUT2D eigenvalue weighted by molar-refractivity contribution is 7.13. The number of rotatable bonds is 11. The summed E-state index contributed by atoms with van der Waals surface area (Å²) in [6, 6.07) is 16.2. The Hall–Kier alpha value is -6.60. The predicted octanol–water partition coefficient (Wildman–Crippen LogP) is 5.66. The van der Waals surface area contributed by atoms with Crippen LogP contribution in [0.15, 0.2) is 84.8 Å². The minimum atomic E-state index is -3.05. The lowest BCUT2D eigenvalue weighted by Crippen LogP contribution is -2.54. The Morgan fingerprint density at radius 3 is 2.46 bits per heavy atom. The van der Waals surface area contributed by atoms with Crippen LogP contribution >= 0.6 is 11.3 Å². The molecule has 10 rings (SSSR count). The first-order valence-electron chi connectivity index (χ1n) is 21.8. The minimum Gasteiger partial charge on any atom is -0.374 e. The van der Waals surface area contributed by atoms with Gasteiger partial charge in [-0.1, -0.05) is 24.3 Å². The van der Waals surface area contributed by atoms with E-state index in [2.05, 4.69) is 30.8 Å². The van der Waals surface area contributed by atoms with E-state index in [9.17, 15) is 19.2 Å². The van der Waals surface area contributed by atoms with Gasteiger partial charge in [0.1, 0.15) is 11.9 Å². The number of imidazole rings is 1. The Balaban J connectivity index is 0.743. The lowest BCUT2D eigenvalue weighted by Gasteiger charge is -2.40. The fourth-order valence-corrected chi connectivity index (χ4v) is 10.1. The second kappa shape index (κ2) is 17.4. The van der Waals surface area contributed by atoms with Gasteiger partial charge in [-0.3, -0.25) is 39.4 Å². The van der Waals surface area contributed by atoms with E-state index >= 15 is 13.2 Å². The third kappa shape index (κ3) is 8.69. The van der Waals surface area contributed by atoms with Crippen molar-refractivity contribution in [3.8, 4) is 11.1 Å². The number of halogens is 3. The molecule has 65 heavy (non-hydrogen) atoms. The Bertz CT molecular complexity index is 2750. The van der Waals surface area contributed by atoms with Gasteiger partial charge in [-0.2, -0.15) is 5.10 Å². The number of amides is 4. The zero-order valence-corrected chi connectivity index (χ0v) is 36.1. The number of likely N-dealkylation sites (tertiary alicyclic amines) is 1. The van der Waals surface area contributed by atoms with Gasteiger partial charge in [0.2, 0.25) is 17.7 Å². The zero-order valence-electron chi connectivity index (χ0n) is 35.3. The maximum atomic E-state index is 15.8. The largest absolute Gasteiger partial charge is 0.374 e. The first kappa shape index (κ1) is 42.4. The van der Waals surface area contributed by atoms with Crippen molar-refractivity contribution < 1.29 is 32.3 Å². The smallest absolute Gasteiger partial charge is 0.267 e. The van der Waals surface area contributed by atoms with Gasteiger partial charge in [0, 0.05) is 74.0 Å². The van der Waals surface area contributed by atoms with E-state index in [1.165, 1.54) is 27.0 Å². The van der Waals surface area contributed by atoms with Crippen molar-refractivity contribution in [2.45, 2.75) is 62.6 Å². The van der Waals surface area contributed by atoms with Gasteiger partial charge >= 0.3 is 0 Å². The third-order valence-electron chi connectivity index (χ3n) is 12.9. The molecule has 6 aromatic rings. The highest BCUT2D eigenvalue weighted by atomic mass is 32.1. The fourth-order valence-electron chi connectivity index (χ4n) is 9.53. The Morgan fingerprint density at radius 1 is 0.923 bits per heavy atom. The number of carbonyl (C=O) groups is 4. The molecular formula is C46H46F3N11O4S. The van der Waals surface area contributed by atoms with Crippen molar-refractivity contribution in [3.05, 3.63) is 108 Å². The highest BCUT2D eigenvalue weighted by Crippen LogP contribution is 2.41. The van der Waals surface area contributed by atoms with Crippen LogP contribution in [0.1, 0.15) is 54.6 Å². The predicted molar refractivity (Wildman–Crippen MR) is 238 cm³/mol. The number of anilines is 3. The highest BCUT2D eigenvalue weighted by Gasteiger charge is 2.46. The van der Waals surface area contributed by atoms with Crippen molar-refractivity contribution >= 4 is 62.4 Å². The topological polar surface area (TPSA) is 163 Å². The molecule has 3 unspecified atom stereocenters. The Morgan fingerprint density at radius 2 is 1.72 bits per heavy atom. The SMILES string of the molecule is O=C1CCC(Nc2ccc(C3CCN(CC(=O)N4CCN(c5ccc(-c6cc(F)c7cn(C(C(=O)Nc8nccs8)c8ncn9c8CCC9)nc7c6)cc5)CC4)CC3(F)F)cc2)C(=O)N1. The zero-order chi connectivity index (χ0) is 44.8. The average Bonchev–Trinajstić information content (AvgIpc) is 4.13. The van der Waals surface area contributed by atoms with Crippen molar-refractivity contribution in [1.82, 2.24) is 39.4 Å². The third-order valence-corrected chi connectivity index (χ3v) is 13.6. The maximum absolute atomic E-state index is 15.8. The van der Waals surface area contributed by atoms with Crippen LogP contribution in [0, 0.1) is 5.82 Å². The van der Waals surface area contributed by atoms with Crippen LogP contribution in [0.2, 0.25) is 0 Å². The average molecular weight is 906 g/mol. The number of piperazine rings is 1. The van der Waals surface area contributed by atoms with E-state index in [0.29, 0.717) is 72.3 Å². The van der Waals surface area contributed by atoms with E-state index < -0.39 is 42.2 Å². The van der Waals surface area contributed by atoms with Crippen LogP contribution in [0.4, 0.5) is 29.7 Å². The molecule has 0 spiro atoms. The van der Waals surface area contributed by atoms with Gasteiger partial charge in [-0.25, -0.2) is 23.1 Å². The summed E-state index contributed by atoms with van der Waals surface area (Å²) in [5.74, 6) is -5.79. The molecule has 3 atom stereocenters. The Labute approximate surface area is 375 Å². The van der Waals surface area contributed by atoms with Crippen LogP contribution in [-0.4, -0.2) is 116 Å². The number of fused-ring (bicyclic) bond motifs is 2. The van der Waals surface area contributed by atoms with Gasteiger partial charge in [0.05, 0.1) is 41.9 Å². The van der Waals surface area contributed by atoms with Crippen LogP contribution < -0.4 is 20.9 Å². The fraction of sp³-hybridized carbons (Fsp3) is 0.370. The van der Waals surface area contributed by atoms with Crippen LogP contribution in [0.25, 0.3) is 22.0 Å². The van der Waals surface area contributed by atoms with E-state index in [4.69, 9.17) is 5.10 Å². The first-order valence-corrected chi connectivity index (χ1v) is 22.7. The minimum absolute atomic E-state index is 0.0864. The molecule has 15 nitrogen and oxygen atoms in total. The molecule has 4 aliphatic heterocycles. The van der Waals surface area contributed by atoms with Crippen molar-refractivity contribution in [2.75, 3.05) is 61.3 Å². The summed E-state index contributed by atoms with van der Waals surface area (Å²) in [6.45, 7) is 2.58. The number of alkyl halides is 2. The number of aromatic nitrogens is 5. The molecule has 4 amide bonds. The standard InChI is InChI=1S/C46H46F3N11O4S/c47-35-22-30(23-37-33(35)24-60(55-37)42(44(64)54-45-50-14-21-65-45)41-38-2-1-15-59(38)27-51-41)28-5-9-32(10-6-28)57-17-19-58(20-18-57)40(62)25-56-16-13-34(46(48,49)26-56)29-3-7-31(8-4-29)52-36-11-12-39(61)53-43(36)63/h3-10,14,21-24,27,34,36,42,52H,1-2,11-13,15-20,25-26H2,(H,50,54,64)(H,53,61,63). The lowest BCUT2D eigenvalue weighted by atomic mass is 9.86. The number of aryl methyl sites for hydroxylation is 1. The summed E-state index contributed by atoms with van der Waals surface area (Å²) in [7, 11) is 0. The second-order valence-corrected chi connectivity index (χ2v) is 18.0. The summed E-state index contributed by atoms with van der Waals surface area (Å²) in [6.07, 6.45) is 7.41. The molecule has 3 saturated heterocycles. The summed E-state index contributed by atoms with van der Waals surface area (Å²) >= 11 is 1.30. The molecule has 3 N–H and O–H groups in total.